The third kappa shape index (κ3) is 4.08. The molecule has 5 nitrogen and oxygen atoms in total. The predicted molar refractivity (Wildman–Crippen MR) is 103 cm³/mol. The first-order chi connectivity index (χ1) is 12.5. The van der Waals surface area contributed by atoms with E-state index in [1.54, 1.807) is 30.9 Å². The van der Waals surface area contributed by atoms with Gasteiger partial charge in [-0.3, -0.25) is 4.98 Å². The van der Waals surface area contributed by atoms with Crippen LogP contribution in [0.25, 0.3) is 16.7 Å². The number of hydrogen-bond donors (Lipinski definition) is 2. The number of hydrazine groups is 1. The molecule has 2 aromatic heterocycles. The van der Waals surface area contributed by atoms with Crippen LogP contribution in [-0.2, 0) is 6.54 Å². The van der Waals surface area contributed by atoms with Crippen LogP contribution in [0.2, 0.25) is 0 Å². The maximum Gasteiger partial charge on any atom is 0.248 e. The Kier molecular flexibility index (Phi) is 5.20. The van der Waals surface area contributed by atoms with Crippen molar-refractivity contribution in [3.8, 4) is 0 Å². The van der Waals surface area contributed by atoms with E-state index < -0.39 is 24.4 Å². The van der Waals surface area contributed by atoms with E-state index in [9.17, 15) is 8.78 Å². The first-order valence-electron chi connectivity index (χ1n) is 8.68. The van der Waals surface area contributed by atoms with Gasteiger partial charge in [0.1, 0.15) is 11.2 Å². The van der Waals surface area contributed by atoms with E-state index in [0.29, 0.717) is 32.5 Å². The maximum atomic E-state index is 15.2. The van der Waals surface area contributed by atoms with Crippen molar-refractivity contribution in [2.45, 2.75) is 50.7 Å². The predicted octanol–water partition coefficient (Wildman–Crippen LogP) is 4.17. The fourth-order valence-corrected chi connectivity index (χ4v) is 4.17. The van der Waals surface area contributed by atoms with Crippen molar-refractivity contribution in [1.82, 2.24) is 14.6 Å². The Hall–Kier alpha value is -1.74. The molecule has 0 unspecified atom stereocenters. The minimum Gasteiger partial charge on any atom is -0.401 e. The number of pyridine rings is 1. The molecule has 4 N–H and O–H groups in total. The van der Waals surface area contributed by atoms with Crippen LogP contribution in [0.15, 0.2) is 28.6 Å². The SMILES string of the molecule is C/C(N)=C(\c1cnc2c(Br)cn(CC3(F)CCC(F)(F)CC3)c2c1)N(C)N. The average Bonchev–Trinajstić information content (AvgIpc) is 2.86. The standard InChI is InChI=1S/C18H23BrF3N5/c1-11(23)16(26(2)24)12-7-14-15(25-8-12)13(19)9-27(14)10-17(20)3-5-18(21,22)6-4-17/h7-9H,3-6,10,23-24H2,1-2H3/b16-11-. The number of aromatic nitrogens is 2. The maximum absolute atomic E-state index is 15.2. The molecule has 0 spiro atoms. The van der Waals surface area contributed by atoms with Crippen LogP contribution in [0.5, 0.6) is 0 Å². The highest BCUT2D eigenvalue weighted by Gasteiger charge is 2.44. The fraction of sp³-hybridized carbons (Fsp3) is 0.500. The normalized spacial score (nSPS) is 19.8. The van der Waals surface area contributed by atoms with Crippen molar-refractivity contribution >= 4 is 32.7 Å². The van der Waals surface area contributed by atoms with Crippen LogP contribution >= 0.6 is 15.9 Å². The van der Waals surface area contributed by atoms with Crippen LogP contribution in [0.1, 0.15) is 38.2 Å². The Morgan fingerprint density at radius 3 is 2.48 bits per heavy atom. The van der Waals surface area contributed by atoms with Gasteiger partial charge in [0.05, 0.1) is 22.2 Å². The van der Waals surface area contributed by atoms with Crippen molar-refractivity contribution in [2.75, 3.05) is 7.05 Å². The summed E-state index contributed by atoms with van der Waals surface area (Å²) in [6, 6.07) is 1.84. The topological polar surface area (TPSA) is 73.1 Å². The fourth-order valence-electron chi connectivity index (χ4n) is 3.62. The molecule has 2 heterocycles. The van der Waals surface area contributed by atoms with Gasteiger partial charge < -0.3 is 15.3 Å². The lowest BCUT2D eigenvalue weighted by atomic mass is 9.84. The molecule has 0 bridgehead atoms. The molecule has 9 heteroatoms. The summed E-state index contributed by atoms with van der Waals surface area (Å²) in [5.74, 6) is 3.10. The van der Waals surface area contributed by atoms with E-state index in [4.69, 9.17) is 11.6 Å². The molecule has 0 saturated heterocycles. The molecule has 27 heavy (non-hydrogen) atoms. The lowest BCUT2D eigenvalue weighted by molar-refractivity contribution is -0.0791. The largest absolute Gasteiger partial charge is 0.401 e. The highest BCUT2D eigenvalue weighted by molar-refractivity contribution is 9.10. The summed E-state index contributed by atoms with van der Waals surface area (Å²) in [5.41, 5.74) is 7.45. The highest BCUT2D eigenvalue weighted by Crippen LogP contribution is 2.42. The Labute approximate surface area is 164 Å². The number of nitrogens with zero attached hydrogens (tertiary/aromatic N) is 3. The van der Waals surface area contributed by atoms with E-state index in [0.717, 1.165) is 0 Å². The first-order valence-corrected chi connectivity index (χ1v) is 9.47. The van der Waals surface area contributed by atoms with E-state index in [2.05, 4.69) is 20.9 Å². The zero-order chi connectivity index (χ0) is 20.0. The van der Waals surface area contributed by atoms with Gasteiger partial charge in [-0.05, 0) is 41.8 Å². The van der Waals surface area contributed by atoms with Crippen molar-refractivity contribution in [3.05, 3.63) is 34.2 Å². The second kappa shape index (κ2) is 7.01. The summed E-state index contributed by atoms with van der Waals surface area (Å²) in [6.07, 6.45) is 2.21. The van der Waals surface area contributed by atoms with Gasteiger partial charge in [-0.25, -0.2) is 19.0 Å². The summed E-state index contributed by atoms with van der Waals surface area (Å²) in [7, 11) is 1.67. The second-order valence-corrected chi connectivity index (χ2v) is 8.20. The highest BCUT2D eigenvalue weighted by atomic mass is 79.9. The summed E-state index contributed by atoms with van der Waals surface area (Å²) >= 11 is 3.44. The van der Waals surface area contributed by atoms with E-state index >= 15 is 4.39 Å². The third-order valence-corrected chi connectivity index (χ3v) is 5.58. The molecule has 3 rings (SSSR count). The number of rotatable bonds is 4. The minimum absolute atomic E-state index is 0.00453. The monoisotopic (exact) mass is 445 g/mol. The van der Waals surface area contributed by atoms with Crippen LogP contribution in [0.3, 0.4) is 0 Å². The van der Waals surface area contributed by atoms with E-state index in [-0.39, 0.29) is 19.4 Å². The van der Waals surface area contributed by atoms with Crippen molar-refractivity contribution in [1.29, 1.82) is 0 Å². The molecular weight excluding hydrogens is 423 g/mol. The Bertz CT molecular complexity index is 876. The van der Waals surface area contributed by atoms with Gasteiger partial charge in [0.25, 0.3) is 0 Å². The lowest BCUT2D eigenvalue weighted by Gasteiger charge is -2.34. The zero-order valence-corrected chi connectivity index (χ0v) is 16.9. The Morgan fingerprint density at radius 2 is 1.93 bits per heavy atom. The Morgan fingerprint density at radius 1 is 1.30 bits per heavy atom. The summed E-state index contributed by atoms with van der Waals surface area (Å²) in [4.78, 5) is 4.44. The van der Waals surface area contributed by atoms with Crippen LogP contribution < -0.4 is 11.6 Å². The van der Waals surface area contributed by atoms with Gasteiger partial charge in [0, 0.05) is 43.5 Å². The molecule has 1 aliphatic rings. The van der Waals surface area contributed by atoms with Gasteiger partial charge in [0.15, 0.2) is 0 Å². The summed E-state index contributed by atoms with van der Waals surface area (Å²) < 4.78 is 44.5. The molecule has 1 saturated carbocycles. The van der Waals surface area contributed by atoms with E-state index in [1.165, 1.54) is 5.01 Å². The van der Waals surface area contributed by atoms with Crippen molar-refractivity contribution in [3.63, 3.8) is 0 Å². The van der Waals surface area contributed by atoms with Gasteiger partial charge >= 0.3 is 0 Å². The lowest BCUT2D eigenvalue weighted by Crippen LogP contribution is -2.38. The number of hydrogen-bond acceptors (Lipinski definition) is 4. The molecule has 0 radical (unpaired) electrons. The summed E-state index contributed by atoms with van der Waals surface area (Å²) in [5, 5.41) is 1.40. The van der Waals surface area contributed by atoms with E-state index in [1.807, 2.05) is 6.07 Å². The molecule has 0 aliphatic heterocycles. The van der Waals surface area contributed by atoms with Gasteiger partial charge in [-0.2, -0.15) is 0 Å². The number of allylic oxidation sites excluding steroid dienone is 1. The van der Waals surface area contributed by atoms with Crippen LogP contribution in [-0.4, -0.2) is 33.2 Å². The van der Waals surface area contributed by atoms with Gasteiger partial charge in [-0.1, -0.05) is 0 Å². The number of fused-ring (bicyclic) bond motifs is 1. The summed E-state index contributed by atoms with van der Waals surface area (Å²) in [6.45, 7) is 1.73. The average molecular weight is 446 g/mol. The number of halogens is 4. The van der Waals surface area contributed by atoms with Crippen LogP contribution in [0, 0.1) is 0 Å². The smallest absolute Gasteiger partial charge is 0.248 e. The molecule has 148 valence electrons. The van der Waals surface area contributed by atoms with Crippen molar-refractivity contribution < 1.29 is 13.2 Å². The minimum atomic E-state index is -2.77. The van der Waals surface area contributed by atoms with Crippen molar-refractivity contribution in [2.24, 2.45) is 11.6 Å². The molecule has 1 aliphatic carbocycles. The number of alkyl halides is 3. The molecule has 0 atom stereocenters. The molecule has 0 aromatic carbocycles. The third-order valence-electron chi connectivity index (χ3n) is 5.00. The zero-order valence-electron chi connectivity index (χ0n) is 15.3. The van der Waals surface area contributed by atoms with Gasteiger partial charge in [-0.15, -0.1) is 0 Å². The molecule has 0 amide bonds. The van der Waals surface area contributed by atoms with Crippen LogP contribution in [0.4, 0.5) is 13.2 Å². The molecular formula is C18H23BrF3N5. The van der Waals surface area contributed by atoms with Gasteiger partial charge in [0.2, 0.25) is 5.92 Å². The quantitative estimate of drug-likeness (QED) is 0.546. The Balaban J connectivity index is 1.99. The second-order valence-electron chi connectivity index (χ2n) is 7.35. The first kappa shape index (κ1) is 20.0. The molecule has 2 aromatic rings. The molecule has 1 fully saturated rings. The number of nitrogens with two attached hydrogens (primary N) is 2.